The lowest BCUT2D eigenvalue weighted by Gasteiger charge is -2.36. The van der Waals surface area contributed by atoms with E-state index in [-0.39, 0.29) is 29.9 Å². The summed E-state index contributed by atoms with van der Waals surface area (Å²) in [5.74, 6) is 1.27. The van der Waals surface area contributed by atoms with Crippen LogP contribution < -0.4 is 5.32 Å². The summed E-state index contributed by atoms with van der Waals surface area (Å²) in [7, 11) is 0. The average molecular weight is 446 g/mol. The first-order valence-corrected chi connectivity index (χ1v) is 10.6. The van der Waals surface area contributed by atoms with Crippen LogP contribution >= 0.6 is 0 Å². The van der Waals surface area contributed by atoms with Crippen molar-refractivity contribution in [1.29, 1.82) is 0 Å². The van der Waals surface area contributed by atoms with Crippen LogP contribution in [0.15, 0.2) is 82.0 Å². The molecule has 4 aromatic rings. The summed E-state index contributed by atoms with van der Waals surface area (Å²) in [6, 6.07) is 17.7. The molecule has 1 aliphatic heterocycles. The van der Waals surface area contributed by atoms with Gasteiger partial charge in [0.2, 0.25) is 0 Å². The maximum Gasteiger partial charge on any atom is 0.287 e. The lowest BCUT2D eigenvalue weighted by molar-refractivity contribution is -0.384. The molecule has 0 saturated carbocycles. The first-order chi connectivity index (χ1) is 16.1. The number of carbonyl (C=O) groups is 1. The molecule has 0 aliphatic carbocycles. The van der Waals surface area contributed by atoms with Gasteiger partial charge in [-0.1, -0.05) is 12.1 Å². The van der Waals surface area contributed by atoms with Gasteiger partial charge in [-0.05, 0) is 42.0 Å². The van der Waals surface area contributed by atoms with Gasteiger partial charge in [-0.3, -0.25) is 19.8 Å². The number of non-ortho nitro benzene ring substituents is 1. The van der Waals surface area contributed by atoms with E-state index in [1.165, 1.54) is 12.1 Å². The molecule has 3 aromatic heterocycles. The second-order valence-corrected chi connectivity index (χ2v) is 7.88. The van der Waals surface area contributed by atoms with Crippen LogP contribution in [-0.4, -0.2) is 26.8 Å². The van der Waals surface area contributed by atoms with E-state index >= 15 is 0 Å². The zero-order chi connectivity index (χ0) is 22.8. The minimum Gasteiger partial charge on any atom is -0.467 e. The third-order valence-corrected chi connectivity index (χ3v) is 5.81. The molecule has 0 radical (unpaired) electrons. The molecule has 0 spiro atoms. The van der Waals surface area contributed by atoms with Crippen LogP contribution in [-0.2, 0) is 19.6 Å². The molecule has 0 bridgehead atoms. The average Bonchev–Trinajstić information content (AvgIpc) is 3.59. The third kappa shape index (κ3) is 4.31. The summed E-state index contributed by atoms with van der Waals surface area (Å²) in [5.41, 5.74) is 2.13. The van der Waals surface area contributed by atoms with Crippen molar-refractivity contribution in [2.75, 3.05) is 6.54 Å². The van der Waals surface area contributed by atoms with Gasteiger partial charge in [0.05, 0.1) is 30.3 Å². The lowest BCUT2D eigenvalue weighted by atomic mass is 9.99. The number of hydrogen-bond acceptors (Lipinski definition) is 6. The number of nitrogens with zero attached hydrogens (tertiary/aromatic N) is 3. The second-order valence-electron chi connectivity index (χ2n) is 7.88. The molecule has 1 aromatic carbocycles. The quantitative estimate of drug-likeness (QED) is 0.338. The number of carbonyl (C=O) groups excluding carboxylic acids is 1. The Labute approximate surface area is 189 Å². The molecule has 1 atom stereocenters. The van der Waals surface area contributed by atoms with Gasteiger partial charge in [0, 0.05) is 37.1 Å². The van der Waals surface area contributed by atoms with Crippen molar-refractivity contribution in [2.24, 2.45) is 0 Å². The maximum atomic E-state index is 12.4. The van der Waals surface area contributed by atoms with Gasteiger partial charge in [-0.25, -0.2) is 0 Å². The molecule has 0 saturated heterocycles. The highest BCUT2D eigenvalue weighted by atomic mass is 16.6. The molecule has 5 rings (SSSR count). The summed E-state index contributed by atoms with van der Waals surface area (Å²) >= 11 is 0. The zero-order valence-electron chi connectivity index (χ0n) is 17.7. The largest absolute Gasteiger partial charge is 0.467 e. The van der Waals surface area contributed by atoms with Gasteiger partial charge in [0.1, 0.15) is 11.5 Å². The minimum absolute atomic E-state index is 0.0627. The van der Waals surface area contributed by atoms with E-state index in [4.69, 9.17) is 8.83 Å². The van der Waals surface area contributed by atoms with Gasteiger partial charge >= 0.3 is 0 Å². The van der Waals surface area contributed by atoms with Crippen molar-refractivity contribution in [3.05, 3.63) is 112 Å². The topological polar surface area (TPSA) is 107 Å². The molecule has 9 heteroatoms. The van der Waals surface area contributed by atoms with Crippen molar-refractivity contribution in [2.45, 2.75) is 25.7 Å². The van der Waals surface area contributed by atoms with Crippen LogP contribution in [0, 0.1) is 10.1 Å². The molecule has 1 amide bonds. The Morgan fingerprint density at radius 2 is 1.91 bits per heavy atom. The Balaban J connectivity index is 1.34. The van der Waals surface area contributed by atoms with E-state index in [0.717, 1.165) is 24.3 Å². The van der Waals surface area contributed by atoms with Crippen LogP contribution in [0.25, 0.3) is 0 Å². The number of furan rings is 2. The SMILES string of the molecule is O=C(NCc1ccco1)c1ccc(CN2CCn3cccc3C2c2ccc([N+](=O)[O-])cc2)o1. The molecule has 1 aliphatic rings. The Hall–Kier alpha value is -4.11. The molecule has 33 heavy (non-hydrogen) atoms. The van der Waals surface area contributed by atoms with Gasteiger partial charge in [0.25, 0.3) is 11.6 Å². The Bertz CT molecular complexity index is 1260. The number of rotatable bonds is 7. The predicted octanol–water partition coefficient (Wildman–Crippen LogP) is 4.12. The fourth-order valence-electron chi connectivity index (χ4n) is 4.21. The van der Waals surface area contributed by atoms with Crippen molar-refractivity contribution in [3.63, 3.8) is 0 Å². The molecule has 168 valence electrons. The number of aromatic nitrogens is 1. The van der Waals surface area contributed by atoms with E-state index in [9.17, 15) is 14.9 Å². The van der Waals surface area contributed by atoms with Crippen LogP contribution in [0.4, 0.5) is 5.69 Å². The molecule has 0 fully saturated rings. The van der Waals surface area contributed by atoms with E-state index in [0.29, 0.717) is 18.1 Å². The number of fused-ring (bicyclic) bond motifs is 1. The van der Waals surface area contributed by atoms with Crippen molar-refractivity contribution < 1.29 is 18.6 Å². The summed E-state index contributed by atoms with van der Waals surface area (Å²) in [5, 5.41) is 13.8. The Morgan fingerprint density at radius 3 is 2.67 bits per heavy atom. The van der Waals surface area contributed by atoms with Gasteiger partial charge < -0.3 is 18.7 Å². The Morgan fingerprint density at radius 1 is 1.06 bits per heavy atom. The normalized spacial score (nSPS) is 15.8. The first kappa shape index (κ1) is 20.8. The monoisotopic (exact) mass is 446 g/mol. The number of nitrogens with one attached hydrogen (secondary N) is 1. The van der Waals surface area contributed by atoms with Crippen LogP contribution in [0.5, 0.6) is 0 Å². The number of nitro benzene ring substituents is 1. The van der Waals surface area contributed by atoms with Crippen LogP contribution in [0.1, 0.15) is 39.4 Å². The minimum atomic E-state index is -0.396. The van der Waals surface area contributed by atoms with Gasteiger partial charge in [0.15, 0.2) is 5.76 Å². The van der Waals surface area contributed by atoms with E-state index in [1.54, 1.807) is 36.6 Å². The summed E-state index contributed by atoms with van der Waals surface area (Å²) in [6.45, 7) is 2.37. The fraction of sp³-hybridized carbons (Fsp3) is 0.208. The van der Waals surface area contributed by atoms with E-state index in [1.807, 2.05) is 18.3 Å². The van der Waals surface area contributed by atoms with E-state index in [2.05, 4.69) is 20.9 Å². The second kappa shape index (κ2) is 8.79. The van der Waals surface area contributed by atoms with Crippen molar-refractivity contribution in [3.8, 4) is 0 Å². The predicted molar refractivity (Wildman–Crippen MR) is 118 cm³/mol. The van der Waals surface area contributed by atoms with Crippen LogP contribution in [0.3, 0.4) is 0 Å². The van der Waals surface area contributed by atoms with Crippen molar-refractivity contribution >= 4 is 11.6 Å². The van der Waals surface area contributed by atoms with Crippen LogP contribution in [0.2, 0.25) is 0 Å². The Kier molecular flexibility index (Phi) is 5.54. The highest BCUT2D eigenvalue weighted by Gasteiger charge is 2.30. The maximum absolute atomic E-state index is 12.4. The third-order valence-electron chi connectivity index (χ3n) is 5.81. The number of nitro groups is 1. The lowest BCUT2D eigenvalue weighted by Crippen LogP contribution is -2.37. The molecular formula is C24H22N4O5. The fourth-order valence-corrected chi connectivity index (χ4v) is 4.21. The van der Waals surface area contributed by atoms with E-state index < -0.39 is 4.92 Å². The highest BCUT2D eigenvalue weighted by Crippen LogP contribution is 2.34. The van der Waals surface area contributed by atoms with Gasteiger partial charge in [-0.2, -0.15) is 0 Å². The number of hydrogen-bond donors (Lipinski definition) is 1. The summed E-state index contributed by atoms with van der Waals surface area (Å²) in [4.78, 5) is 25.3. The van der Waals surface area contributed by atoms with Gasteiger partial charge in [-0.15, -0.1) is 0 Å². The molecular weight excluding hydrogens is 424 g/mol. The molecule has 1 unspecified atom stereocenters. The molecule has 9 nitrogen and oxygen atoms in total. The summed E-state index contributed by atoms with van der Waals surface area (Å²) in [6.07, 6.45) is 3.60. The number of benzene rings is 1. The highest BCUT2D eigenvalue weighted by molar-refractivity contribution is 5.91. The standard InChI is InChI=1S/C24H22N4O5/c29-24(25-15-19-3-2-14-32-19)22-10-9-20(33-22)16-27-13-12-26-11-1-4-21(26)23(27)17-5-7-18(8-6-17)28(30)31/h1-11,14,23H,12-13,15-16H2,(H,25,29). The first-order valence-electron chi connectivity index (χ1n) is 10.6. The molecule has 4 heterocycles. The smallest absolute Gasteiger partial charge is 0.287 e. The number of amides is 1. The van der Waals surface area contributed by atoms with Crippen molar-refractivity contribution in [1.82, 2.24) is 14.8 Å². The summed E-state index contributed by atoms with van der Waals surface area (Å²) < 4.78 is 13.3. The molecule has 1 N–H and O–H groups in total. The zero-order valence-corrected chi connectivity index (χ0v) is 17.7.